The molecule has 0 unspecified atom stereocenters. The van der Waals surface area contributed by atoms with Gasteiger partial charge in [-0.2, -0.15) is 0 Å². The molecule has 0 aliphatic carbocycles. The minimum atomic E-state index is 0.131. The van der Waals surface area contributed by atoms with Gasteiger partial charge >= 0.3 is 0 Å². The highest BCUT2D eigenvalue weighted by molar-refractivity contribution is 7.99. The number of fused-ring (bicyclic) bond motifs is 1. The molecule has 3 aromatic carbocycles. The lowest BCUT2D eigenvalue weighted by molar-refractivity contribution is -0.118. The first-order chi connectivity index (χ1) is 15.1. The van der Waals surface area contributed by atoms with Gasteiger partial charge in [0.05, 0.1) is 16.8 Å². The van der Waals surface area contributed by atoms with E-state index in [0.29, 0.717) is 13.0 Å². The summed E-state index contributed by atoms with van der Waals surface area (Å²) < 4.78 is 1.14. The fraction of sp³-hybridized carbons (Fsp3) is 0.231. The highest BCUT2D eigenvalue weighted by Gasteiger charge is 2.20. The number of hydrogen-bond acceptors (Lipinski definition) is 4. The number of amides is 1. The van der Waals surface area contributed by atoms with Crippen molar-refractivity contribution in [2.24, 2.45) is 0 Å². The molecule has 0 aliphatic heterocycles. The predicted octanol–water partition coefficient (Wildman–Crippen LogP) is 7.02. The third-order valence-corrected chi connectivity index (χ3v) is 7.20. The quantitative estimate of drug-likeness (QED) is 0.215. The van der Waals surface area contributed by atoms with Crippen molar-refractivity contribution in [3.8, 4) is 0 Å². The van der Waals surface area contributed by atoms with Gasteiger partial charge in [0.15, 0.2) is 5.13 Å². The van der Waals surface area contributed by atoms with Crippen molar-refractivity contribution in [2.75, 3.05) is 10.7 Å². The minimum Gasteiger partial charge on any atom is -0.284 e. The number of carbonyl (C=O) groups excluding carboxylic acids is 1. The zero-order valence-electron chi connectivity index (χ0n) is 17.9. The molecule has 0 fully saturated rings. The molecule has 158 valence electrons. The molecule has 0 N–H and O–H groups in total. The highest BCUT2D eigenvalue weighted by Crippen LogP contribution is 2.33. The van der Waals surface area contributed by atoms with Gasteiger partial charge in [-0.15, -0.1) is 11.8 Å². The van der Waals surface area contributed by atoms with Crippen LogP contribution in [0.2, 0.25) is 0 Å². The summed E-state index contributed by atoms with van der Waals surface area (Å²) in [4.78, 5) is 21.2. The van der Waals surface area contributed by atoms with Crippen molar-refractivity contribution in [3.05, 3.63) is 89.5 Å². The summed E-state index contributed by atoms with van der Waals surface area (Å²) in [7, 11) is 0. The Morgan fingerprint density at radius 3 is 2.45 bits per heavy atom. The lowest BCUT2D eigenvalue weighted by Gasteiger charge is -2.20. The zero-order chi connectivity index (χ0) is 21.6. The van der Waals surface area contributed by atoms with Crippen LogP contribution in [0.4, 0.5) is 5.13 Å². The molecule has 0 saturated carbocycles. The second kappa shape index (κ2) is 10.1. The second-order valence-corrected chi connectivity index (χ2v) is 9.83. The largest absolute Gasteiger partial charge is 0.284 e. The lowest BCUT2D eigenvalue weighted by atomic mass is 10.1. The van der Waals surface area contributed by atoms with E-state index in [0.717, 1.165) is 38.6 Å². The fourth-order valence-corrected chi connectivity index (χ4v) is 5.60. The Bertz CT molecular complexity index is 1160. The number of nitrogens with zero attached hydrogens (tertiary/aromatic N) is 2. The normalized spacial score (nSPS) is 11.0. The first-order valence-corrected chi connectivity index (χ1v) is 12.3. The number of aryl methyl sites for hydroxylation is 2. The molecular formula is C26H26N2OS2. The van der Waals surface area contributed by atoms with Crippen LogP contribution in [0.3, 0.4) is 0 Å². The maximum Gasteiger partial charge on any atom is 0.229 e. The van der Waals surface area contributed by atoms with Crippen LogP contribution in [-0.4, -0.2) is 16.6 Å². The van der Waals surface area contributed by atoms with Crippen LogP contribution >= 0.6 is 23.1 Å². The summed E-state index contributed by atoms with van der Waals surface area (Å²) in [6, 6.07) is 24.8. The summed E-state index contributed by atoms with van der Waals surface area (Å²) in [6.45, 7) is 4.73. The van der Waals surface area contributed by atoms with Gasteiger partial charge in [-0.25, -0.2) is 4.98 Å². The molecule has 0 spiro atoms. The monoisotopic (exact) mass is 446 g/mol. The first kappa shape index (κ1) is 21.6. The van der Waals surface area contributed by atoms with E-state index in [4.69, 9.17) is 4.98 Å². The van der Waals surface area contributed by atoms with Crippen molar-refractivity contribution >= 4 is 44.4 Å². The molecule has 1 heterocycles. The van der Waals surface area contributed by atoms with E-state index in [1.807, 2.05) is 41.3 Å². The van der Waals surface area contributed by atoms with Gasteiger partial charge in [-0.1, -0.05) is 65.9 Å². The number of thioether (sulfide) groups is 1. The fourth-order valence-electron chi connectivity index (χ4n) is 3.57. The SMILES string of the molecule is Cc1cc(C)c2nc(N(Cc3ccccc3)C(=O)CCCSc3ccccc3)sc2c1. The van der Waals surface area contributed by atoms with E-state index < -0.39 is 0 Å². The number of aromatic nitrogens is 1. The molecule has 0 saturated heterocycles. The summed E-state index contributed by atoms with van der Waals surface area (Å²) in [5, 5.41) is 0.785. The molecule has 3 nitrogen and oxygen atoms in total. The number of anilines is 1. The molecule has 1 aromatic heterocycles. The molecule has 4 rings (SSSR count). The van der Waals surface area contributed by atoms with Crippen LogP contribution in [-0.2, 0) is 11.3 Å². The molecule has 4 aromatic rings. The summed E-state index contributed by atoms with van der Waals surface area (Å²) in [5.74, 6) is 1.05. The van der Waals surface area contributed by atoms with Crippen LogP contribution < -0.4 is 4.90 Å². The Morgan fingerprint density at radius 1 is 1.00 bits per heavy atom. The van der Waals surface area contributed by atoms with E-state index in [-0.39, 0.29) is 5.91 Å². The van der Waals surface area contributed by atoms with Crippen molar-refractivity contribution in [1.82, 2.24) is 4.98 Å². The third-order valence-electron chi connectivity index (χ3n) is 5.08. The van der Waals surface area contributed by atoms with E-state index in [9.17, 15) is 4.79 Å². The first-order valence-electron chi connectivity index (χ1n) is 10.5. The van der Waals surface area contributed by atoms with E-state index in [1.54, 1.807) is 23.1 Å². The smallest absolute Gasteiger partial charge is 0.229 e. The standard InChI is InChI=1S/C26H26N2OS2/c1-19-16-20(2)25-23(17-19)31-26(27-25)28(18-21-10-5-3-6-11-21)24(29)14-9-15-30-22-12-7-4-8-13-22/h3-8,10-13,16-17H,9,14-15,18H2,1-2H3. The Kier molecular flexibility index (Phi) is 7.05. The Balaban J connectivity index is 1.51. The lowest BCUT2D eigenvalue weighted by Crippen LogP contribution is -2.30. The number of benzene rings is 3. The maximum atomic E-state index is 13.3. The Hall–Kier alpha value is -2.63. The van der Waals surface area contributed by atoms with Crippen molar-refractivity contribution in [2.45, 2.75) is 38.1 Å². The topological polar surface area (TPSA) is 33.2 Å². The van der Waals surface area contributed by atoms with Gasteiger partial charge < -0.3 is 0 Å². The molecular weight excluding hydrogens is 420 g/mol. The van der Waals surface area contributed by atoms with Gasteiger partial charge in [0, 0.05) is 11.3 Å². The molecule has 0 atom stereocenters. The minimum absolute atomic E-state index is 0.131. The van der Waals surface area contributed by atoms with Gasteiger partial charge in [0.1, 0.15) is 0 Å². The van der Waals surface area contributed by atoms with Gasteiger partial charge in [0.2, 0.25) is 5.91 Å². The van der Waals surface area contributed by atoms with E-state index in [2.05, 4.69) is 50.2 Å². The summed E-state index contributed by atoms with van der Waals surface area (Å²) in [5.41, 5.74) is 4.49. The van der Waals surface area contributed by atoms with Gasteiger partial charge in [0.25, 0.3) is 0 Å². The van der Waals surface area contributed by atoms with Crippen LogP contribution in [0.15, 0.2) is 77.7 Å². The van der Waals surface area contributed by atoms with E-state index >= 15 is 0 Å². The Morgan fingerprint density at radius 2 is 1.71 bits per heavy atom. The molecule has 0 radical (unpaired) electrons. The number of thiazole rings is 1. The summed E-state index contributed by atoms with van der Waals surface area (Å²) in [6.07, 6.45) is 1.35. The zero-order valence-corrected chi connectivity index (χ0v) is 19.5. The molecule has 1 amide bonds. The average molecular weight is 447 g/mol. The number of hydrogen-bond donors (Lipinski definition) is 0. The van der Waals surface area contributed by atoms with Crippen molar-refractivity contribution in [1.29, 1.82) is 0 Å². The third kappa shape index (κ3) is 5.54. The van der Waals surface area contributed by atoms with Crippen molar-refractivity contribution in [3.63, 3.8) is 0 Å². The second-order valence-electron chi connectivity index (χ2n) is 7.66. The Labute approximate surface area is 192 Å². The molecule has 0 aliphatic rings. The summed E-state index contributed by atoms with van der Waals surface area (Å²) >= 11 is 3.40. The van der Waals surface area contributed by atoms with E-state index in [1.165, 1.54) is 10.5 Å². The maximum absolute atomic E-state index is 13.3. The van der Waals surface area contributed by atoms with Crippen molar-refractivity contribution < 1.29 is 4.79 Å². The van der Waals surface area contributed by atoms with Crippen LogP contribution in [0.25, 0.3) is 10.2 Å². The van der Waals surface area contributed by atoms with Gasteiger partial charge in [-0.3, -0.25) is 9.69 Å². The van der Waals surface area contributed by atoms with Crippen LogP contribution in [0.1, 0.15) is 29.5 Å². The van der Waals surface area contributed by atoms with Crippen LogP contribution in [0, 0.1) is 13.8 Å². The molecule has 31 heavy (non-hydrogen) atoms. The number of carbonyl (C=O) groups is 1. The van der Waals surface area contributed by atoms with Crippen LogP contribution in [0.5, 0.6) is 0 Å². The van der Waals surface area contributed by atoms with Gasteiger partial charge in [-0.05, 0) is 60.9 Å². The molecule has 0 bridgehead atoms. The predicted molar refractivity (Wildman–Crippen MR) is 133 cm³/mol. The average Bonchev–Trinajstić information content (AvgIpc) is 3.20. The highest BCUT2D eigenvalue weighted by atomic mass is 32.2. The number of rotatable bonds is 8. The molecule has 5 heteroatoms.